The van der Waals surface area contributed by atoms with Crippen LogP contribution in [0.2, 0.25) is 0 Å². The largest absolute Gasteiger partial charge is 0.475 e. The van der Waals surface area contributed by atoms with Crippen molar-refractivity contribution >= 4 is 11.8 Å². The summed E-state index contributed by atoms with van der Waals surface area (Å²) in [4.78, 5) is 22.9. The van der Waals surface area contributed by atoms with E-state index in [1.165, 1.54) is 0 Å². The van der Waals surface area contributed by atoms with Crippen LogP contribution >= 0.6 is 0 Å². The smallest absolute Gasteiger partial charge is 0.372 e. The highest BCUT2D eigenvalue weighted by atomic mass is 16.4. The van der Waals surface area contributed by atoms with Crippen LogP contribution in [0.15, 0.2) is 0 Å². The number of hydrogen-bond donors (Lipinski definition) is 2. The Hall–Kier alpha value is -0.900. The van der Waals surface area contributed by atoms with Crippen molar-refractivity contribution in [2.75, 3.05) is 0 Å². The van der Waals surface area contributed by atoms with Crippen LogP contribution in [0.1, 0.15) is 46.0 Å². The number of carboxylic acid groups (broad SMARTS) is 1. The maximum absolute atomic E-state index is 12.0. The molecule has 2 saturated carbocycles. The van der Waals surface area contributed by atoms with E-state index in [0.29, 0.717) is 32.1 Å². The molecule has 4 heteroatoms. The Morgan fingerprint density at radius 3 is 1.94 bits per heavy atom. The van der Waals surface area contributed by atoms with E-state index >= 15 is 0 Å². The Morgan fingerprint density at radius 2 is 1.53 bits per heavy atom. The normalized spacial score (nSPS) is 45.4. The van der Waals surface area contributed by atoms with Crippen molar-refractivity contribution in [2.45, 2.75) is 51.6 Å². The second kappa shape index (κ2) is 3.80. The van der Waals surface area contributed by atoms with Crippen LogP contribution in [0.3, 0.4) is 0 Å². The molecule has 0 aromatic carbocycles. The summed E-state index contributed by atoms with van der Waals surface area (Å²) < 4.78 is 0. The fraction of sp³-hybridized carbons (Fsp3) is 0.846. The van der Waals surface area contributed by atoms with Crippen molar-refractivity contribution in [3.63, 3.8) is 0 Å². The van der Waals surface area contributed by atoms with Crippen LogP contribution in [0.4, 0.5) is 0 Å². The van der Waals surface area contributed by atoms with Gasteiger partial charge in [-0.3, -0.25) is 4.79 Å². The summed E-state index contributed by atoms with van der Waals surface area (Å²) >= 11 is 0. The minimum Gasteiger partial charge on any atom is -0.475 e. The predicted octanol–water partition coefficient (Wildman–Crippen LogP) is 1.61. The first-order valence-corrected chi connectivity index (χ1v) is 6.26. The van der Waals surface area contributed by atoms with Gasteiger partial charge in [0.1, 0.15) is 0 Å². The van der Waals surface area contributed by atoms with Crippen molar-refractivity contribution in [3.8, 4) is 0 Å². The van der Waals surface area contributed by atoms with Crippen molar-refractivity contribution in [1.82, 2.24) is 0 Å². The first kappa shape index (κ1) is 12.6. The van der Waals surface area contributed by atoms with Gasteiger partial charge in [0, 0.05) is 5.41 Å². The summed E-state index contributed by atoms with van der Waals surface area (Å²) in [5, 5.41) is 19.5. The summed E-state index contributed by atoms with van der Waals surface area (Å²) in [6.07, 6.45) is 2.91. The van der Waals surface area contributed by atoms with Crippen molar-refractivity contribution < 1.29 is 19.8 Å². The number of carbonyl (C=O) groups excluding carboxylic acids is 1. The van der Waals surface area contributed by atoms with Gasteiger partial charge in [-0.1, -0.05) is 13.8 Å². The van der Waals surface area contributed by atoms with E-state index in [9.17, 15) is 14.7 Å². The second-order valence-electron chi connectivity index (χ2n) is 6.34. The molecule has 0 spiro atoms. The Kier molecular flexibility index (Phi) is 2.81. The van der Waals surface area contributed by atoms with E-state index in [-0.39, 0.29) is 11.8 Å². The third-order valence-corrected chi connectivity index (χ3v) is 4.28. The summed E-state index contributed by atoms with van der Waals surface area (Å²) in [5.41, 5.74) is -1.66. The number of carboxylic acids is 1. The van der Waals surface area contributed by atoms with E-state index < -0.39 is 22.8 Å². The molecule has 2 rings (SSSR count). The highest BCUT2D eigenvalue weighted by molar-refractivity contribution is 6.35. The average Bonchev–Trinajstić information content (AvgIpc) is 2.11. The molecule has 17 heavy (non-hydrogen) atoms. The predicted molar refractivity (Wildman–Crippen MR) is 61.4 cm³/mol. The van der Waals surface area contributed by atoms with Gasteiger partial charge in [-0.15, -0.1) is 0 Å². The zero-order valence-corrected chi connectivity index (χ0v) is 10.4. The maximum atomic E-state index is 12.0. The van der Waals surface area contributed by atoms with Gasteiger partial charge in [-0.25, -0.2) is 4.79 Å². The summed E-state index contributed by atoms with van der Waals surface area (Å²) in [5.74, 6) is -1.63. The van der Waals surface area contributed by atoms with Crippen LogP contribution in [0.5, 0.6) is 0 Å². The van der Waals surface area contributed by atoms with Gasteiger partial charge in [0.05, 0.1) is 5.60 Å². The molecule has 0 aliphatic heterocycles. The van der Waals surface area contributed by atoms with E-state index in [4.69, 9.17) is 5.11 Å². The number of aliphatic carboxylic acids is 1. The van der Waals surface area contributed by atoms with Crippen molar-refractivity contribution in [2.24, 2.45) is 17.3 Å². The van der Waals surface area contributed by atoms with E-state index in [1.807, 2.05) is 13.8 Å². The van der Waals surface area contributed by atoms with Crippen LogP contribution < -0.4 is 0 Å². The number of Topliss-reactive ketones (excluding diaryl/α,β-unsaturated/α-hetero) is 1. The Balaban J connectivity index is 2.36. The molecule has 2 aliphatic rings. The number of hydrogen-bond acceptors (Lipinski definition) is 3. The Bertz CT molecular complexity index is 346. The lowest BCUT2D eigenvalue weighted by Crippen LogP contribution is -2.54. The van der Waals surface area contributed by atoms with Gasteiger partial charge in [0.25, 0.3) is 0 Å². The minimum atomic E-state index is -1.35. The molecule has 0 aromatic rings. The molecule has 4 nitrogen and oxygen atoms in total. The highest BCUT2D eigenvalue weighted by Gasteiger charge is 2.56. The van der Waals surface area contributed by atoms with E-state index in [0.717, 1.165) is 0 Å². The summed E-state index contributed by atoms with van der Waals surface area (Å²) in [6, 6.07) is 0. The molecule has 2 bridgehead atoms. The first-order valence-electron chi connectivity index (χ1n) is 6.26. The van der Waals surface area contributed by atoms with Crippen LogP contribution in [0.25, 0.3) is 0 Å². The molecule has 0 aromatic heterocycles. The van der Waals surface area contributed by atoms with Gasteiger partial charge in [-0.2, -0.15) is 0 Å². The van der Waals surface area contributed by atoms with Gasteiger partial charge < -0.3 is 10.2 Å². The highest BCUT2D eigenvalue weighted by Crippen LogP contribution is 2.55. The molecule has 96 valence electrons. The average molecular weight is 240 g/mol. The molecule has 0 saturated heterocycles. The lowest BCUT2D eigenvalue weighted by atomic mass is 9.53. The maximum Gasteiger partial charge on any atom is 0.372 e. The van der Waals surface area contributed by atoms with Crippen molar-refractivity contribution in [1.29, 1.82) is 0 Å². The topological polar surface area (TPSA) is 74.6 Å². The van der Waals surface area contributed by atoms with E-state index in [1.54, 1.807) is 0 Å². The lowest BCUT2D eigenvalue weighted by Gasteiger charge is -2.52. The summed E-state index contributed by atoms with van der Waals surface area (Å²) in [6.45, 7) is 3.98. The number of rotatable bonds is 2. The van der Waals surface area contributed by atoms with Gasteiger partial charge >= 0.3 is 5.97 Å². The minimum absolute atomic E-state index is 0.213. The zero-order valence-electron chi connectivity index (χ0n) is 10.4. The SMILES string of the molecule is CC1CC2(O)CC(C)CC(C(=O)C(=O)O)(C1)C2. The van der Waals surface area contributed by atoms with Crippen LogP contribution in [-0.2, 0) is 9.59 Å². The molecular formula is C13H20O4. The number of carbonyl (C=O) groups is 2. The van der Waals surface area contributed by atoms with Gasteiger partial charge in [0.15, 0.2) is 0 Å². The number of fused-ring (bicyclic) bond motifs is 2. The zero-order chi connectivity index (χ0) is 12.8. The molecule has 2 unspecified atom stereocenters. The molecule has 2 N–H and O–H groups in total. The molecule has 0 heterocycles. The van der Waals surface area contributed by atoms with Crippen molar-refractivity contribution in [3.05, 3.63) is 0 Å². The molecule has 2 aliphatic carbocycles. The quantitative estimate of drug-likeness (QED) is 0.719. The molecule has 2 fully saturated rings. The van der Waals surface area contributed by atoms with Crippen LogP contribution in [-0.4, -0.2) is 27.6 Å². The molecule has 0 amide bonds. The molecular weight excluding hydrogens is 220 g/mol. The first-order chi connectivity index (χ1) is 7.76. The molecule has 0 radical (unpaired) electrons. The third-order valence-electron chi connectivity index (χ3n) is 4.28. The number of aliphatic hydroxyl groups is 1. The number of ketones is 1. The third kappa shape index (κ3) is 2.10. The standard InChI is InChI=1S/C13H20O4/c1-8-3-12(10(14)11(15)16)4-9(2)6-13(17,5-8)7-12/h8-9,17H,3-7H2,1-2H3,(H,15,16). The van der Waals surface area contributed by atoms with Crippen LogP contribution in [0, 0.1) is 17.3 Å². The monoisotopic (exact) mass is 240 g/mol. The Morgan fingerprint density at radius 1 is 1.06 bits per heavy atom. The lowest BCUT2D eigenvalue weighted by molar-refractivity contribution is -0.168. The van der Waals surface area contributed by atoms with Gasteiger partial charge in [0.2, 0.25) is 5.78 Å². The second-order valence-corrected chi connectivity index (χ2v) is 6.34. The molecule has 2 atom stereocenters. The van der Waals surface area contributed by atoms with E-state index in [2.05, 4.69) is 0 Å². The van der Waals surface area contributed by atoms with Gasteiger partial charge in [-0.05, 0) is 43.9 Å². The summed E-state index contributed by atoms with van der Waals surface area (Å²) in [7, 11) is 0. The Labute approximate surface area is 101 Å². The fourth-order valence-electron chi connectivity index (χ4n) is 4.35. The fourth-order valence-corrected chi connectivity index (χ4v) is 4.35.